The molecule has 24 heavy (non-hydrogen) atoms. The van der Waals surface area contributed by atoms with Crippen LogP contribution in [-0.4, -0.2) is 45.5 Å². The van der Waals surface area contributed by atoms with E-state index < -0.39 is 0 Å². The summed E-state index contributed by atoms with van der Waals surface area (Å²) in [4.78, 5) is 14.1. The van der Waals surface area contributed by atoms with Crippen molar-refractivity contribution < 1.29 is 9.90 Å². The van der Waals surface area contributed by atoms with Gasteiger partial charge in [0.2, 0.25) is 0 Å². The first-order valence-electron chi connectivity index (χ1n) is 8.86. The standard InChI is InChI=1S/C18H32N4O2/c1-12(15-11-22(18(3,4)5)20-13(15)2)19-17(24)21(6)10-14-8-7-9-16(14)23/h11-12,14,16,23H,7-10H2,1-6H3,(H,19,24)/t12-,14-,16-/m0/s1. The van der Waals surface area contributed by atoms with Gasteiger partial charge < -0.3 is 15.3 Å². The van der Waals surface area contributed by atoms with E-state index in [4.69, 9.17) is 0 Å². The molecule has 0 aromatic carbocycles. The number of nitrogens with zero attached hydrogens (tertiary/aromatic N) is 3. The molecule has 0 unspecified atom stereocenters. The molecule has 2 rings (SSSR count). The highest BCUT2D eigenvalue weighted by molar-refractivity contribution is 5.74. The van der Waals surface area contributed by atoms with Gasteiger partial charge in [0, 0.05) is 31.3 Å². The van der Waals surface area contributed by atoms with E-state index in [1.165, 1.54) is 0 Å². The van der Waals surface area contributed by atoms with E-state index in [9.17, 15) is 9.90 Å². The summed E-state index contributed by atoms with van der Waals surface area (Å²) in [5, 5.41) is 17.5. The molecular weight excluding hydrogens is 304 g/mol. The van der Waals surface area contributed by atoms with Gasteiger partial charge in [0.25, 0.3) is 0 Å². The average Bonchev–Trinajstić information content (AvgIpc) is 3.05. The molecule has 0 aliphatic heterocycles. The van der Waals surface area contributed by atoms with Crippen LogP contribution in [0.5, 0.6) is 0 Å². The third kappa shape index (κ3) is 4.29. The van der Waals surface area contributed by atoms with Crippen LogP contribution in [0.1, 0.15) is 64.3 Å². The number of amides is 2. The van der Waals surface area contributed by atoms with Crippen LogP contribution in [0.3, 0.4) is 0 Å². The number of aromatic nitrogens is 2. The number of carbonyl (C=O) groups is 1. The van der Waals surface area contributed by atoms with Crippen LogP contribution in [0.2, 0.25) is 0 Å². The van der Waals surface area contributed by atoms with Gasteiger partial charge >= 0.3 is 6.03 Å². The lowest BCUT2D eigenvalue weighted by Crippen LogP contribution is -2.42. The Labute approximate surface area is 145 Å². The van der Waals surface area contributed by atoms with Gasteiger partial charge in [-0.3, -0.25) is 4.68 Å². The monoisotopic (exact) mass is 336 g/mol. The number of rotatable bonds is 4. The fourth-order valence-electron chi connectivity index (χ4n) is 3.28. The van der Waals surface area contributed by atoms with Gasteiger partial charge in [0.05, 0.1) is 23.4 Å². The number of aliphatic hydroxyl groups excluding tert-OH is 1. The second-order valence-electron chi connectivity index (χ2n) is 8.10. The lowest BCUT2D eigenvalue weighted by Gasteiger charge is -2.25. The first kappa shape index (κ1) is 18.8. The van der Waals surface area contributed by atoms with Gasteiger partial charge in [-0.25, -0.2) is 4.79 Å². The SMILES string of the molecule is Cc1nn(C(C)(C)C)cc1[C@H](C)NC(=O)N(C)C[C@@H]1CCC[C@@H]1O. The maximum Gasteiger partial charge on any atom is 0.317 e. The van der Waals surface area contributed by atoms with E-state index in [0.29, 0.717) is 6.54 Å². The number of nitrogens with one attached hydrogen (secondary N) is 1. The van der Waals surface area contributed by atoms with Crippen LogP contribution >= 0.6 is 0 Å². The maximum atomic E-state index is 12.4. The van der Waals surface area contributed by atoms with Crippen molar-refractivity contribution in [3.8, 4) is 0 Å². The second kappa shape index (κ2) is 7.13. The van der Waals surface area contributed by atoms with Crippen molar-refractivity contribution in [3.63, 3.8) is 0 Å². The molecule has 1 heterocycles. The van der Waals surface area contributed by atoms with Gasteiger partial charge in [-0.2, -0.15) is 5.10 Å². The van der Waals surface area contributed by atoms with Crippen molar-refractivity contribution in [1.82, 2.24) is 20.0 Å². The predicted molar refractivity (Wildman–Crippen MR) is 94.9 cm³/mol. The minimum Gasteiger partial charge on any atom is -0.393 e. The van der Waals surface area contributed by atoms with Crippen molar-refractivity contribution in [2.75, 3.05) is 13.6 Å². The Kier molecular flexibility index (Phi) is 5.58. The summed E-state index contributed by atoms with van der Waals surface area (Å²) in [5.41, 5.74) is 1.89. The van der Waals surface area contributed by atoms with Gasteiger partial charge in [-0.15, -0.1) is 0 Å². The molecule has 0 radical (unpaired) electrons. The zero-order valence-corrected chi connectivity index (χ0v) is 15.8. The van der Waals surface area contributed by atoms with Crippen molar-refractivity contribution in [2.45, 2.75) is 71.6 Å². The molecule has 136 valence electrons. The molecular formula is C18H32N4O2. The van der Waals surface area contributed by atoms with E-state index in [-0.39, 0.29) is 29.6 Å². The zero-order valence-electron chi connectivity index (χ0n) is 15.8. The van der Waals surface area contributed by atoms with Crippen molar-refractivity contribution in [2.24, 2.45) is 5.92 Å². The van der Waals surface area contributed by atoms with E-state index in [2.05, 4.69) is 31.2 Å². The fourth-order valence-corrected chi connectivity index (χ4v) is 3.28. The molecule has 1 aliphatic carbocycles. The van der Waals surface area contributed by atoms with Gasteiger partial charge in [0.15, 0.2) is 0 Å². The van der Waals surface area contributed by atoms with E-state index in [1.807, 2.05) is 24.7 Å². The molecule has 1 aromatic rings. The number of urea groups is 1. The minimum absolute atomic E-state index is 0.0812. The van der Waals surface area contributed by atoms with Crippen LogP contribution in [-0.2, 0) is 5.54 Å². The van der Waals surface area contributed by atoms with Gasteiger partial charge in [-0.1, -0.05) is 6.42 Å². The third-order valence-corrected chi connectivity index (χ3v) is 4.90. The van der Waals surface area contributed by atoms with E-state index in [0.717, 1.165) is 30.5 Å². The summed E-state index contributed by atoms with van der Waals surface area (Å²) < 4.78 is 1.94. The second-order valence-corrected chi connectivity index (χ2v) is 8.10. The molecule has 2 N–H and O–H groups in total. The number of hydrogen-bond donors (Lipinski definition) is 2. The zero-order chi connectivity index (χ0) is 18.1. The lowest BCUT2D eigenvalue weighted by molar-refractivity contribution is 0.113. The molecule has 0 spiro atoms. The highest BCUT2D eigenvalue weighted by Gasteiger charge is 2.28. The molecule has 6 heteroatoms. The minimum atomic E-state index is -0.273. The van der Waals surface area contributed by atoms with Crippen LogP contribution in [0.4, 0.5) is 4.79 Å². The van der Waals surface area contributed by atoms with Crippen LogP contribution in [0.25, 0.3) is 0 Å². The number of aryl methyl sites for hydroxylation is 1. The molecule has 1 fully saturated rings. The predicted octanol–water partition coefficient (Wildman–Crippen LogP) is 2.81. The Hall–Kier alpha value is -1.56. The molecule has 0 bridgehead atoms. The van der Waals surface area contributed by atoms with E-state index in [1.54, 1.807) is 11.9 Å². The first-order chi connectivity index (χ1) is 11.1. The summed E-state index contributed by atoms with van der Waals surface area (Å²) in [6.45, 7) is 10.9. The van der Waals surface area contributed by atoms with Crippen LogP contribution in [0.15, 0.2) is 6.20 Å². The molecule has 6 nitrogen and oxygen atoms in total. The number of hydrogen-bond acceptors (Lipinski definition) is 3. The van der Waals surface area contributed by atoms with Crippen molar-refractivity contribution >= 4 is 6.03 Å². The first-order valence-corrected chi connectivity index (χ1v) is 8.86. The van der Waals surface area contributed by atoms with Crippen molar-refractivity contribution in [1.29, 1.82) is 0 Å². The molecule has 0 saturated heterocycles. The number of carbonyl (C=O) groups excluding carboxylic acids is 1. The average molecular weight is 336 g/mol. The molecule has 1 aliphatic rings. The Morgan fingerprint density at radius 1 is 1.50 bits per heavy atom. The topological polar surface area (TPSA) is 70.4 Å². The maximum absolute atomic E-state index is 12.4. The fraction of sp³-hybridized carbons (Fsp3) is 0.778. The van der Waals surface area contributed by atoms with Gasteiger partial charge in [-0.05, 0) is 47.5 Å². The third-order valence-electron chi connectivity index (χ3n) is 4.90. The summed E-state index contributed by atoms with van der Waals surface area (Å²) in [5.74, 6) is 0.196. The van der Waals surface area contributed by atoms with Crippen molar-refractivity contribution in [3.05, 3.63) is 17.5 Å². The molecule has 1 saturated carbocycles. The summed E-state index contributed by atoms with van der Waals surface area (Å²) in [6, 6.07) is -0.214. The van der Waals surface area contributed by atoms with Crippen LogP contribution < -0.4 is 5.32 Å². The molecule has 3 atom stereocenters. The molecule has 1 aromatic heterocycles. The highest BCUT2D eigenvalue weighted by Crippen LogP contribution is 2.26. The van der Waals surface area contributed by atoms with E-state index >= 15 is 0 Å². The largest absolute Gasteiger partial charge is 0.393 e. The highest BCUT2D eigenvalue weighted by atomic mass is 16.3. The molecule has 2 amide bonds. The summed E-state index contributed by atoms with van der Waals surface area (Å²) in [6.07, 6.45) is 4.63. The normalized spacial score (nSPS) is 22.5. The summed E-state index contributed by atoms with van der Waals surface area (Å²) >= 11 is 0. The number of aliphatic hydroxyl groups is 1. The Bertz CT molecular complexity index is 576. The Morgan fingerprint density at radius 2 is 2.17 bits per heavy atom. The lowest BCUT2D eigenvalue weighted by atomic mass is 10.1. The smallest absolute Gasteiger partial charge is 0.317 e. The Morgan fingerprint density at radius 3 is 2.67 bits per heavy atom. The summed E-state index contributed by atoms with van der Waals surface area (Å²) in [7, 11) is 1.79. The van der Waals surface area contributed by atoms with Gasteiger partial charge in [0.1, 0.15) is 0 Å². The quantitative estimate of drug-likeness (QED) is 0.888. The van der Waals surface area contributed by atoms with Crippen LogP contribution in [0, 0.1) is 12.8 Å². The Balaban J connectivity index is 1.97.